The molecule has 3 rings (SSSR count). The largest absolute Gasteiger partial charge is 0.157 e. The van der Waals surface area contributed by atoms with Crippen LogP contribution in [0.15, 0.2) is 0 Å². The van der Waals surface area contributed by atoms with Gasteiger partial charge in [-0.25, -0.2) is 0 Å². The van der Waals surface area contributed by atoms with Gasteiger partial charge in [0.25, 0.3) is 0 Å². The fourth-order valence-electron chi connectivity index (χ4n) is 3.94. The summed E-state index contributed by atoms with van der Waals surface area (Å²) in [5, 5.41) is 3.90. The molecule has 4 atom stereocenters. The molecular formula is C18H32S4. The summed E-state index contributed by atoms with van der Waals surface area (Å²) < 4.78 is 0. The fraction of sp³-hybridized carbons (Fsp3) is 1.00. The molecule has 4 heteroatoms. The average molecular weight is 377 g/mol. The molecule has 0 aromatic heterocycles. The zero-order valence-corrected chi connectivity index (χ0v) is 17.1. The summed E-state index contributed by atoms with van der Waals surface area (Å²) in [4.78, 5) is 0. The highest BCUT2D eigenvalue weighted by atomic mass is 32.2. The predicted octanol–water partition coefficient (Wildman–Crippen LogP) is 6.34. The monoisotopic (exact) mass is 376 g/mol. The molecule has 0 nitrogen and oxygen atoms in total. The zero-order valence-electron chi connectivity index (χ0n) is 13.8. The number of fused-ring (bicyclic) bond motifs is 2. The molecule has 1 aliphatic heterocycles. The van der Waals surface area contributed by atoms with Crippen molar-refractivity contribution in [3.8, 4) is 0 Å². The lowest BCUT2D eigenvalue weighted by atomic mass is 10.00. The first kappa shape index (κ1) is 18.2. The summed E-state index contributed by atoms with van der Waals surface area (Å²) in [5.41, 5.74) is 0. The van der Waals surface area contributed by atoms with E-state index in [0.29, 0.717) is 0 Å². The van der Waals surface area contributed by atoms with E-state index in [1.807, 2.05) is 0 Å². The Labute approximate surface area is 154 Å². The molecule has 0 N–H and O–H groups in total. The standard InChI is InChI=1S/C18H32S4/c1-2-8-16-15(7-1)19-11-5-13-21-17-9-3-4-10-18(17)22-14-6-12-20-16/h15-18H,1-14H2/t15-,16-,17+,18+. The van der Waals surface area contributed by atoms with E-state index >= 15 is 0 Å². The van der Waals surface area contributed by atoms with Crippen LogP contribution in [-0.2, 0) is 0 Å². The quantitative estimate of drug-likeness (QED) is 0.484. The minimum atomic E-state index is 0.974. The van der Waals surface area contributed by atoms with Crippen LogP contribution in [0.25, 0.3) is 0 Å². The first-order valence-electron chi connectivity index (χ1n) is 9.40. The van der Waals surface area contributed by atoms with Crippen LogP contribution in [0.1, 0.15) is 64.2 Å². The first-order valence-corrected chi connectivity index (χ1v) is 13.6. The molecule has 0 amide bonds. The maximum atomic E-state index is 2.32. The molecule has 3 fully saturated rings. The molecule has 3 aliphatic rings. The lowest BCUT2D eigenvalue weighted by molar-refractivity contribution is 0.526. The normalized spacial score (nSPS) is 39.3. The molecule has 0 radical (unpaired) electrons. The van der Waals surface area contributed by atoms with Gasteiger partial charge in [0.1, 0.15) is 0 Å². The minimum absolute atomic E-state index is 0.974. The lowest BCUT2D eigenvalue weighted by Crippen LogP contribution is -2.27. The summed E-state index contributed by atoms with van der Waals surface area (Å²) in [6, 6.07) is 0. The number of hydrogen-bond donors (Lipinski definition) is 0. The van der Waals surface area contributed by atoms with Crippen molar-refractivity contribution in [2.75, 3.05) is 23.0 Å². The smallest absolute Gasteiger partial charge is 0.0166 e. The molecule has 128 valence electrons. The van der Waals surface area contributed by atoms with Gasteiger partial charge >= 0.3 is 0 Å². The van der Waals surface area contributed by atoms with Crippen molar-refractivity contribution in [3.05, 3.63) is 0 Å². The van der Waals surface area contributed by atoms with Crippen molar-refractivity contribution < 1.29 is 0 Å². The third-order valence-corrected chi connectivity index (χ3v) is 11.6. The van der Waals surface area contributed by atoms with Gasteiger partial charge < -0.3 is 0 Å². The highest BCUT2D eigenvalue weighted by molar-refractivity contribution is 8.04. The Morgan fingerprint density at radius 3 is 0.909 bits per heavy atom. The Hall–Kier alpha value is 1.40. The molecule has 1 saturated heterocycles. The number of hydrogen-bond acceptors (Lipinski definition) is 4. The van der Waals surface area contributed by atoms with Crippen molar-refractivity contribution >= 4 is 47.0 Å². The molecular weight excluding hydrogens is 344 g/mol. The van der Waals surface area contributed by atoms with Crippen LogP contribution < -0.4 is 0 Å². The SMILES string of the molecule is C1CS[C@H]2CCCC[C@@H]2SCCCS[C@@H]2CCCC[C@H]2SC1. The van der Waals surface area contributed by atoms with E-state index in [4.69, 9.17) is 0 Å². The topological polar surface area (TPSA) is 0 Å². The molecule has 22 heavy (non-hydrogen) atoms. The van der Waals surface area contributed by atoms with Crippen molar-refractivity contribution in [1.29, 1.82) is 0 Å². The van der Waals surface area contributed by atoms with Crippen LogP contribution in [-0.4, -0.2) is 44.0 Å². The van der Waals surface area contributed by atoms with Crippen molar-refractivity contribution in [2.24, 2.45) is 0 Å². The van der Waals surface area contributed by atoms with Gasteiger partial charge in [-0.15, -0.1) is 0 Å². The Bertz CT molecular complexity index is 251. The molecule has 1 heterocycles. The first-order chi connectivity index (χ1) is 10.9. The highest BCUT2D eigenvalue weighted by Crippen LogP contribution is 2.40. The van der Waals surface area contributed by atoms with Gasteiger partial charge in [-0.3, -0.25) is 0 Å². The summed E-state index contributed by atoms with van der Waals surface area (Å²) in [7, 11) is 0. The van der Waals surface area contributed by atoms with Gasteiger partial charge in [0.15, 0.2) is 0 Å². The molecule has 0 aromatic carbocycles. The fourth-order valence-corrected chi connectivity index (χ4v) is 10.4. The molecule has 0 aromatic rings. The Morgan fingerprint density at radius 1 is 0.364 bits per heavy atom. The van der Waals surface area contributed by atoms with Crippen molar-refractivity contribution in [3.63, 3.8) is 0 Å². The van der Waals surface area contributed by atoms with E-state index in [1.165, 1.54) is 87.2 Å². The van der Waals surface area contributed by atoms with Crippen LogP contribution in [0, 0.1) is 0 Å². The van der Waals surface area contributed by atoms with Crippen LogP contribution >= 0.6 is 47.0 Å². The number of thioether (sulfide) groups is 4. The van der Waals surface area contributed by atoms with E-state index in [2.05, 4.69) is 47.0 Å². The van der Waals surface area contributed by atoms with Gasteiger partial charge in [0, 0.05) is 21.0 Å². The second kappa shape index (κ2) is 10.4. The van der Waals surface area contributed by atoms with E-state index in [-0.39, 0.29) is 0 Å². The van der Waals surface area contributed by atoms with Crippen molar-refractivity contribution in [1.82, 2.24) is 0 Å². The summed E-state index contributed by atoms with van der Waals surface area (Å²) in [6.07, 6.45) is 14.8. The van der Waals surface area contributed by atoms with Gasteiger partial charge in [0.05, 0.1) is 0 Å². The van der Waals surface area contributed by atoms with Crippen LogP contribution in [0.4, 0.5) is 0 Å². The molecule has 0 bridgehead atoms. The second-order valence-corrected chi connectivity index (χ2v) is 12.3. The Balaban J connectivity index is 1.50. The second-order valence-electron chi connectivity index (χ2n) is 6.91. The van der Waals surface area contributed by atoms with Gasteiger partial charge in [-0.1, -0.05) is 25.7 Å². The number of rotatable bonds is 0. The summed E-state index contributed by atoms with van der Waals surface area (Å²) >= 11 is 9.29. The molecule has 2 aliphatic carbocycles. The van der Waals surface area contributed by atoms with Gasteiger partial charge in [-0.05, 0) is 61.5 Å². The average Bonchev–Trinajstić information content (AvgIpc) is 2.56. The lowest BCUT2D eigenvalue weighted by Gasteiger charge is -2.32. The van der Waals surface area contributed by atoms with E-state index in [1.54, 1.807) is 0 Å². The predicted molar refractivity (Wildman–Crippen MR) is 111 cm³/mol. The Morgan fingerprint density at radius 2 is 0.636 bits per heavy atom. The third kappa shape index (κ3) is 5.74. The van der Waals surface area contributed by atoms with Gasteiger partial charge in [-0.2, -0.15) is 47.0 Å². The van der Waals surface area contributed by atoms with E-state index in [0.717, 1.165) is 21.0 Å². The van der Waals surface area contributed by atoms with Gasteiger partial charge in [0.2, 0.25) is 0 Å². The minimum Gasteiger partial charge on any atom is -0.157 e. The van der Waals surface area contributed by atoms with E-state index < -0.39 is 0 Å². The molecule has 0 spiro atoms. The van der Waals surface area contributed by atoms with Crippen LogP contribution in [0.3, 0.4) is 0 Å². The molecule has 2 saturated carbocycles. The van der Waals surface area contributed by atoms with E-state index in [9.17, 15) is 0 Å². The van der Waals surface area contributed by atoms with Crippen LogP contribution in [0.5, 0.6) is 0 Å². The zero-order chi connectivity index (χ0) is 15.0. The van der Waals surface area contributed by atoms with Crippen molar-refractivity contribution in [2.45, 2.75) is 85.2 Å². The molecule has 0 unspecified atom stereocenters. The van der Waals surface area contributed by atoms with Crippen LogP contribution in [0.2, 0.25) is 0 Å². The highest BCUT2D eigenvalue weighted by Gasteiger charge is 2.27. The summed E-state index contributed by atoms with van der Waals surface area (Å²) in [6.45, 7) is 0. The maximum Gasteiger partial charge on any atom is 0.0166 e. The maximum absolute atomic E-state index is 2.32. The summed E-state index contributed by atoms with van der Waals surface area (Å²) in [5.74, 6) is 5.66. The Kier molecular flexibility index (Phi) is 8.61. The third-order valence-electron chi connectivity index (χ3n) is 5.19.